The smallest absolute Gasteiger partial charge is 0.229 e. The summed E-state index contributed by atoms with van der Waals surface area (Å²) in [4.78, 5) is 12.5. The quantitative estimate of drug-likeness (QED) is 0.861. The molecular weight excluding hydrogens is 302 g/mol. The fourth-order valence-electron chi connectivity index (χ4n) is 2.40. The molecule has 24 heavy (non-hydrogen) atoms. The predicted molar refractivity (Wildman–Crippen MR) is 97.2 cm³/mol. The van der Waals surface area contributed by atoms with Crippen LogP contribution < -0.4 is 10.1 Å². The molecule has 1 aromatic heterocycles. The molecule has 0 spiro atoms. The third kappa shape index (κ3) is 3.96. The summed E-state index contributed by atoms with van der Waals surface area (Å²) in [6.07, 6.45) is 0.807. The molecule has 0 radical (unpaired) electrons. The van der Waals surface area contributed by atoms with Gasteiger partial charge in [0.05, 0.1) is 18.5 Å². The van der Waals surface area contributed by atoms with Crippen molar-refractivity contribution in [1.82, 2.24) is 10.2 Å². The van der Waals surface area contributed by atoms with E-state index < -0.39 is 5.41 Å². The molecule has 0 aliphatic heterocycles. The van der Waals surface area contributed by atoms with E-state index in [2.05, 4.69) is 29.4 Å². The number of H-pyrrole nitrogens is 1. The van der Waals surface area contributed by atoms with Crippen molar-refractivity contribution in [1.29, 1.82) is 0 Å². The molecule has 0 bridgehead atoms. The summed E-state index contributed by atoms with van der Waals surface area (Å²) >= 11 is 0. The van der Waals surface area contributed by atoms with Gasteiger partial charge in [0.1, 0.15) is 11.4 Å². The van der Waals surface area contributed by atoms with Crippen LogP contribution in [0.15, 0.2) is 24.3 Å². The van der Waals surface area contributed by atoms with E-state index in [9.17, 15) is 4.79 Å². The predicted octanol–water partition coefficient (Wildman–Crippen LogP) is 4.27. The van der Waals surface area contributed by atoms with Crippen molar-refractivity contribution in [2.75, 3.05) is 12.4 Å². The molecule has 0 unspecified atom stereocenters. The van der Waals surface area contributed by atoms with Gasteiger partial charge in [-0.15, -0.1) is 0 Å². The van der Waals surface area contributed by atoms with Crippen molar-refractivity contribution in [3.8, 4) is 17.0 Å². The number of aromatic nitrogens is 2. The van der Waals surface area contributed by atoms with Crippen LogP contribution in [0.4, 0.5) is 5.69 Å². The van der Waals surface area contributed by atoms with Gasteiger partial charge in [0.15, 0.2) is 0 Å². The molecule has 0 aliphatic carbocycles. The summed E-state index contributed by atoms with van der Waals surface area (Å²) < 4.78 is 5.45. The number of para-hydroxylation sites is 1. The molecule has 0 aliphatic rings. The first kappa shape index (κ1) is 18.0. The van der Waals surface area contributed by atoms with Gasteiger partial charge in [0, 0.05) is 11.0 Å². The maximum atomic E-state index is 12.5. The van der Waals surface area contributed by atoms with Crippen molar-refractivity contribution in [3.05, 3.63) is 30.0 Å². The van der Waals surface area contributed by atoms with Crippen LogP contribution in [0.25, 0.3) is 11.3 Å². The van der Waals surface area contributed by atoms with E-state index in [-0.39, 0.29) is 5.91 Å². The van der Waals surface area contributed by atoms with Crippen molar-refractivity contribution < 1.29 is 9.53 Å². The van der Waals surface area contributed by atoms with E-state index in [0.29, 0.717) is 11.6 Å². The molecule has 2 N–H and O–H groups in total. The number of benzene rings is 1. The third-order valence-electron chi connectivity index (χ3n) is 3.74. The highest BCUT2D eigenvalue weighted by atomic mass is 16.5. The van der Waals surface area contributed by atoms with Gasteiger partial charge in [-0.25, -0.2) is 0 Å². The van der Waals surface area contributed by atoms with Crippen LogP contribution in [-0.4, -0.2) is 23.2 Å². The first-order chi connectivity index (χ1) is 11.2. The van der Waals surface area contributed by atoms with Gasteiger partial charge in [-0.1, -0.05) is 46.8 Å². The molecule has 2 aromatic rings. The fraction of sp³-hybridized carbons (Fsp3) is 0.474. The molecule has 5 nitrogen and oxygen atoms in total. The number of ether oxygens (including phenoxy) is 1. The van der Waals surface area contributed by atoms with Crippen LogP contribution in [-0.2, 0) is 11.2 Å². The Kier molecular flexibility index (Phi) is 5.32. The zero-order valence-corrected chi connectivity index (χ0v) is 15.4. The van der Waals surface area contributed by atoms with Crippen LogP contribution in [0.5, 0.6) is 5.75 Å². The zero-order chi connectivity index (χ0) is 17.9. The molecule has 5 heteroatoms. The van der Waals surface area contributed by atoms with Gasteiger partial charge < -0.3 is 10.1 Å². The minimum atomic E-state index is -0.482. The number of hydrogen-bond acceptors (Lipinski definition) is 3. The number of hydrogen-bond donors (Lipinski definition) is 2. The standard InChI is InChI=1S/C19H27N3O2/c1-12(2)11-14-17(20-18(23)19(3,4)5)16(22-21-14)13-9-7-8-10-15(13)24-6/h7-10,12H,11H2,1-6H3,(H,20,23)(H,21,22). The van der Waals surface area contributed by atoms with E-state index in [1.807, 2.05) is 45.0 Å². The van der Waals surface area contributed by atoms with Crippen molar-refractivity contribution in [2.45, 2.75) is 41.0 Å². The number of methoxy groups -OCH3 is 1. The van der Waals surface area contributed by atoms with Crippen LogP contribution in [0.2, 0.25) is 0 Å². The van der Waals surface area contributed by atoms with E-state index >= 15 is 0 Å². The highest BCUT2D eigenvalue weighted by Crippen LogP contribution is 2.36. The third-order valence-corrected chi connectivity index (χ3v) is 3.74. The average Bonchev–Trinajstić information content (AvgIpc) is 2.88. The van der Waals surface area contributed by atoms with Crippen LogP contribution in [0, 0.1) is 11.3 Å². The molecule has 0 saturated heterocycles. The van der Waals surface area contributed by atoms with E-state index in [0.717, 1.165) is 29.1 Å². The number of carbonyl (C=O) groups is 1. The Morgan fingerprint density at radius 2 is 1.96 bits per heavy atom. The Morgan fingerprint density at radius 3 is 2.54 bits per heavy atom. The maximum Gasteiger partial charge on any atom is 0.229 e. The Morgan fingerprint density at radius 1 is 1.29 bits per heavy atom. The lowest BCUT2D eigenvalue weighted by molar-refractivity contribution is -0.123. The Hall–Kier alpha value is -2.30. The summed E-state index contributed by atoms with van der Waals surface area (Å²) in [5.41, 5.74) is 2.76. The van der Waals surface area contributed by atoms with Gasteiger partial charge >= 0.3 is 0 Å². The number of carbonyl (C=O) groups excluding carboxylic acids is 1. The number of nitrogens with one attached hydrogen (secondary N) is 2. The van der Waals surface area contributed by atoms with Crippen LogP contribution in [0.3, 0.4) is 0 Å². The largest absolute Gasteiger partial charge is 0.496 e. The van der Waals surface area contributed by atoms with Gasteiger partial charge in [-0.3, -0.25) is 9.89 Å². The number of aromatic amines is 1. The fourth-order valence-corrected chi connectivity index (χ4v) is 2.40. The molecule has 1 amide bonds. The molecular formula is C19H27N3O2. The minimum absolute atomic E-state index is 0.0370. The molecule has 1 heterocycles. The number of nitrogens with zero attached hydrogens (tertiary/aromatic N) is 1. The second-order valence-electron chi connectivity index (χ2n) is 7.43. The summed E-state index contributed by atoms with van der Waals surface area (Å²) in [5, 5.41) is 10.6. The summed E-state index contributed by atoms with van der Waals surface area (Å²) in [7, 11) is 1.63. The second kappa shape index (κ2) is 7.07. The number of anilines is 1. The molecule has 0 fully saturated rings. The molecule has 2 rings (SSSR count). The second-order valence-corrected chi connectivity index (χ2v) is 7.43. The lowest BCUT2D eigenvalue weighted by atomic mass is 9.95. The highest BCUT2D eigenvalue weighted by Gasteiger charge is 2.26. The first-order valence-corrected chi connectivity index (χ1v) is 8.26. The lowest BCUT2D eigenvalue weighted by Crippen LogP contribution is -2.28. The van der Waals surface area contributed by atoms with E-state index in [1.165, 1.54) is 0 Å². The molecule has 0 atom stereocenters. The highest BCUT2D eigenvalue weighted by molar-refractivity contribution is 5.98. The average molecular weight is 329 g/mol. The minimum Gasteiger partial charge on any atom is -0.496 e. The van der Waals surface area contributed by atoms with Gasteiger partial charge in [-0.05, 0) is 24.5 Å². The lowest BCUT2D eigenvalue weighted by Gasteiger charge is -2.19. The summed E-state index contributed by atoms with van der Waals surface area (Å²) in [6, 6.07) is 7.68. The van der Waals surface area contributed by atoms with Gasteiger partial charge in [0.25, 0.3) is 0 Å². The maximum absolute atomic E-state index is 12.5. The van der Waals surface area contributed by atoms with Crippen molar-refractivity contribution in [3.63, 3.8) is 0 Å². The van der Waals surface area contributed by atoms with Gasteiger partial charge in [0.2, 0.25) is 5.91 Å². The summed E-state index contributed by atoms with van der Waals surface area (Å²) in [6.45, 7) is 9.96. The monoisotopic (exact) mass is 329 g/mol. The van der Waals surface area contributed by atoms with Gasteiger partial charge in [-0.2, -0.15) is 5.10 Å². The van der Waals surface area contributed by atoms with Crippen molar-refractivity contribution >= 4 is 11.6 Å². The van der Waals surface area contributed by atoms with Crippen molar-refractivity contribution in [2.24, 2.45) is 11.3 Å². The topological polar surface area (TPSA) is 67.0 Å². The normalized spacial score (nSPS) is 11.6. The SMILES string of the molecule is COc1ccccc1-c1n[nH]c(CC(C)C)c1NC(=O)C(C)(C)C. The Balaban J connectivity index is 2.52. The molecule has 1 aromatic carbocycles. The van der Waals surface area contributed by atoms with E-state index in [1.54, 1.807) is 7.11 Å². The summed E-state index contributed by atoms with van der Waals surface area (Å²) in [5.74, 6) is 1.14. The first-order valence-electron chi connectivity index (χ1n) is 8.26. The van der Waals surface area contributed by atoms with Crippen LogP contribution >= 0.6 is 0 Å². The molecule has 0 saturated carbocycles. The Bertz CT molecular complexity index is 712. The number of amides is 1. The zero-order valence-electron chi connectivity index (χ0n) is 15.4. The number of rotatable bonds is 5. The van der Waals surface area contributed by atoms with E-state index in [4.69, 9.17) is 4.74 Å². The van der Waals surface area contributed by atoms with Crippen LogP contribution in [0.1, 0.15) is 40.3 Å². The Labute approximate surface area is 143 Å². The molecule has 130 valence electrons.